The van der Waals surface area contributed by atoms with E-state index in [4.69, 9.17) is 5.10 Å². The molecule has 3 saturated carbocycles. The number of aliphatic hydroxyl groups excluding tert-OH is 1. The number of hydrazone groups is 1. The number of benzene rings is 1. The Labute approximate surface area is 243 Å². The monoisotopic (exact) mass is 568 g/mol. The molecule has 0 amide bonds. The maximum absolute atomic E-state index is 14.0. The van der Waals surface area contributed by atoms with E-state index in [2.05, 4.69) is 78.4 Å². The maximum Gasteiger partial charge on any atom is 0.277 e. The molecule has 0 aromatic heterocycles. The van der Waals surface area contributed by atoms with Crippen LogP contribution in [0.5, 0.6) is 0 Å². The fourth-order valence-electron chi connectivity index (χ4n) is 8.97. The predicted molar refractivity (Wildman–Crippen MR) is 164 cm³/mol. The van der Waals surface area contributed by atoms with Gasteiger partial charge in [0.1, 0.15) is 0 Å². The molecule has 5 rings (SSSR count). The standard InChI is InChI=1S/C34H52N2O3S/c1-20(2)23-17-27(21(3)4)32(28(18-23)22(5)6)40(38,39)36-35-31-12-11-29-26-10-9-24-19-25(37)13-15-33(24,7)30(26)14-16-34(29,31)8/h9,17-18,20-22,25-26,29-30,36-37H,10-16,19H2,1-8H3/b35-31+/t25-,26?,29?,30?,33-,34-/m0/s1. The van der Waals surface area contributed by atoms with Crippen molar-refractivity contribution in [3.8, 4) is 0 Å². The van der Waals surface area contributed by atoms with E-state index < -0.39 is 10.0 Å². The summed E-state index contributed by atoms with van der Waals surface area (Å²) in [4.78, 5) is 3.19. The molecule has 0 spiro atoms. The molecule has 40 heavy (non-hydrogen) atoms. The van der Waals surface area contributed by atoms with Crippen LogP contribution in [0.4, 0.5) is 0 Å². The molecule has 0 heterocycles. The Morgan fingerprint density at radius 1 is 0.900 bits per heavy atom. The topological polar surface area (TPSA) is 78.8 Å². The van der Waals surface area contributed by atoms with Gasteiger partial charge in [0.25, 0.3) is 10.0 Å². The molecular weight excluding hydrogens is 516 g/mol. The number of allylic oxidation sites excluding steroid dienone is 1. The number of sulfonamides is 1. The lowest BCUT2D eigenvalue weighted by molar-refractivity contribution is -0.0209. The Bertz CT molecular complexity index is 1280. The van der Waals surface area contributed by atoms with Crippen LogP contribution in [0.15, 0.2) is 33.8 Å². The lowest BCUT2D eigenvalue weighted by Gasteiger charge is -2.57. The highest BCUT2D eigenvalue weighted by Crippen LogP contribution is 2.64. The summed E-state index contributed by atoms with van der Waals surface area (Å²) in [6, 6.07) is 4.18. The van der Waals surface area contributed by atoms with Gasteiger partial charge in [0.15, 0.2) is 0 Å². The lowest BCUT2D eigenvalue weighted by Crippen LogP contribution is -2.50. The van der Waals surface area contributed by atoms with Crippen molar-refractivity contribution in [2.45, 2.75) is 136 Å². The number of rotatable bonds is 6. The fraction of sp³-hybridized carbons (Fsp3) is 0.735. The van der Waals surface area contributed by atoms with Crippen molar-refractivity contribution in [1.29, 1.82) is 0 Å². The van der Waals surface area contributed by atoms with Crippen LogP contribution in [0.3, 0.4) is 0 Å². The van der Waals surface area contributed by atoms with Crippen LogP contribution in [0, 0.1) is 28.6 Å². The molecule has 6 heteroatoms. The molecule has 222 valence electrons. The third-order valence-electron chi connectivity index (χ3n) is 11.5. The van der Waals surface area contributed by atoms with Crippen molar-refractivity contribution in [2.75, 3.05) is 0 Å². The predicted octanol–water partition coefficient (Wildman–Crippen LogP) is 8.01. The van der Waals surface area contributed by atoms with Gasteiger partial charge in [-0.3, -0.25) is 0 Å². The molecule has 0 saturated heterocycles. The first-order valence-corrected chi connectivity index (χ1v) is 17.3. The van der Waals surface area contributed by atoms with Gasteiger partial charge in [0.2, 0.25) is 0 Å². The molecule has 0 aliphatic heterocycles. The number of nitrogens with one attached hydrogen (secondary N) is 1. The number of hydrogen-bond donors (Lipinski definition) is 2. The van der Waals surface area contributed by atoms with Crippen molar-refractivity contribution in [3.05, 3.63) is 40.5 Å². The fourth-order valence-corrected chi connectivity index (χ4v) is 10.5. The molecule has 6 atom stereocenters. The summed E-state index contributed by atoms with van der Waals surface area (Å²) < 4.78 is 28.0. The van der Waals surface area contributed by atoms with Crippen molar-refractivity contribution in [2.24, 2.45) is 33.7 Å². The van der Waals surface area contributed by atoms with Gasteiger partial charge in [0, 0.05) is 11.1 Å². The number of aliphatic hydroxyl groups is 1. The van der Waals surface area contributed by atoms with Crippen molar-refractivity contribution >= 4 is 15.7 Å². The van der Waals surface area contributed by atoms with E-state index in [9.17, 15) is 13.5 Å². The van der Waals surface area contributed by atoms with Gasteiger partial charge in [-0.2, -0.15) is 13.5 Å². The first-order chi connectivity index (χ1) is 18.7. The summed E-state index contributed by atoms with van der Waals surface area (Å²) in [6.45, 7) is 17.4. The van der Waals surface area contributed by atoms with Gasteiger partial charge in [-0.1, -0.05) is 79.2 Å². The highest BCUT2D eigenvalue weighted by atomic mass is 32.2. The second-order valence-corrected chi connectivity index (χ2v) is 16.4. The molecular formula is C34H52N2O3S. The van der Waals surface area contributed by atoms with Crippen molar-refractivity contribution in [3.63, 3.8) is 0 Å². The molecule has 1 aromatic carbocycles. The molecule has 3 fully saturated rings. The van der Waals surface area contributed by atoms with Gasteiger partial charge in [0.05, 0.1) is 11.0 Å². The minimum absolute atomic E-state index is 0.0666. The molecule has 5 nitrogen and oxygen atoms in total. The SMILES string of the molecule is CC(C)c1cc(C(C)C)c(S(=O)(=O)N/N=C2\CCC3C4CC=C5C[C@@H](O)CC[C@]5(C)C4CC[C@]23C)c(C(C)C)c1. The van der Waals surface area contributed by atoms with Gasteiger partial charge < -0.3 is 5.11 Å². The number of nitrogens with zero attached hydrogens (tertiary/aromatic N) is 1. The zero-order chi connectivity index (χ0) is 29.2. The van der Waals surface area contributed by atoms with Crippen molar-refractivity contribution < 1.29 is 13.5 Å². The Hall–Kier alpha value is -1.66. The Kier molecular flexibility index (Phi) is 7.87. The molecule has 4 aliphatic rings. The van der Waals surface area contributed by atoms with E-state index in [1.807, 2.05) is 0 Å². The minimum atomic E-state index is -3.83. The van der Waals surface area contributed by atoms with Gasteiger partial charge in [-0.25, -0.2) is 4.83 Å². The summed E-state index contributed by atoms with van der Waals surface area (Å²) in [7, 11) is -3.83. The van der Waals surface area contributed by atoms with E-state index in [-0.39, 0.29) is 28.8 Å². The molecule has 0 bridgehead atoms. The molecule has 0 radical (unpaired) electrons. The van der Waals surface area contributed by atoms with E-state index >= 15 is 0 Å². The third-order valence-corrected chi connectivity index (χ3v) is 12.8. The first kappa shape index (κ1) is 29.8. The van der Waals surface area contributed by atoms with Crippen LogP contribution in [0.2, 0.25) is 0 Å². The smallest absolute Gasteiger partial charge is 0.277 e. The maximum atomic E-state index is 14.0. The van der Waals surface area contributed by atoms with Crippen molar-refractivity contribution in [1.82, 2.24) is 4.83 Å². The molecule has 4 aliphatic carbocycles. The lowest BCUT2D eigenvalue weighted by atomic mass is 9.48. The van der Waals surface area contributed by atoms with Crippen LogP contribution in [-0.2, 0) is 10.0 Å². The second-order valence-electron chi connectivity index (χ2n) is 14.8. The summed E-state index contributed by atoms with van der Waals surface area (Å²) in [5.74, 6) is 2.29. The highest BCUT2D eigenvalue weighted by Gasteiger charge is 2.58. The van der Waals surface area contributed by atoms with E-state index in [0.717, 1.165) is 68.2 Å². The number of fused-ring (bicyclic) bond motifs is 5. The van der Waals surface area contributed by atoms with Gasteiger partial charge >= 0.3 is 0 Å². The average Bonchev–Trinajstić information content (AvgIpc) is 3.23. The van der Waals surface area contributed by atoms with Crippen LogP contribution in [0.1, 0.15) is 141 Å². The van der Waals surface area contributed by atoms with Gasteiger partial charge in [-0.15, -0.1) is 0 Å². The van der Waals surface area contributed by atoms with E-state index in [0.29, 0.717) is 28.6 Å². The zero-order valence-electron chi connectivity index (χ0n) is 26.0. The van der Waals surface area contributed by atoms with Crippen LogP contribution < -0.4 is 4.83 Å². The Morgan fingerprint density at radius 3 is 2.10 bits per heavy atom. The third kappa shape index (κ3) is 4.89. The van der Waals surface area contributed by atoms with Crippen LogP contribution in [-0.4, -0.2) is 25.3 Å². The quantitative estimate of drug-likeness (QED) is 0.269. The largest absolute Gasteiger partial charge is 0.393 e. The second kappa shape index (κ2) is 10.6. The summed E-state index contributed by atoms with van der Waals surface area (Å²) >= 11 is 0. The Balaban J connectivity index is 1.44. The summed E-state index contributed by atoms with van der Waals surface area (Å²) in [6.07, 6.45) is 10.3. The normalized spacial score (nSPS) is 35.1. The summed E-state index contributed by atoms with van der Waals surface area (Å²) in [5, 5.41) is 15.1. The molecule has 3 unspecified atom stereocenters. The number of hydrogen-bond acceptors (Lipinski definition) is 4. The minimum Gasteiger partial charge on any atom is -0.393 e. The average molecular weight is 569 g/mol. The highest BCUT2D eigenvalue weighted by molar-refractivity contribution is 7.89. The van der Waals surface area contributed by atoms with Crippen LogP contribution >= 0.6 is 0 Å². The van der Waals surface area contributed by atoms with E-state index in [1.54, 1.807) is 0 Å². The Morgan fingerprint density at radius 2 is 1.50 bits per heavy atom. The summed E-state index contributed by atoms with van der Waals surface area (Å²) in [5.41, 5.74) is 5.61. The van der Waals surface area contributed by atoms with E-state index in [1.165, 1.54) is 11.1 Å². The van der Waals surface area contributed by atoms with Crippen LogP contribution in [0.25, 0.3) is 0 Å². The molecule has 1 aromatic rings. The first-order valence-electron chi connectivity index (χ1n) is 15.8. The van der Waals surface area contributed by atoms with Gasteiger partial charge in [-0.05, 0) is 109 Å². The zero-order valence-corrected chi connectivity index (χ0v) is 26.9. The molecule has 2 N–H and O–H groups in total.